The second-order valence-corrected chi connectivity index (χ2v) is 15.7. The Labute approximate surface area is 304 Å². The Morgan fingerprint density at radius 2 is 1.67 bits per heavy atom. The Kier molecular flexibility index (Phi) is 10.3. The van der Waals surface area contributed by atoms with Gasteiger partial charge in [-0.05, 0) is 42.0 Å². The number of aliphatic hydroxyl groups is 3. The third kappa shape index (κ3) is 6.02. The van der Waals surface area contributed by atoms with Gasteiger partial charge in [0.1, 0.15) is 25.1 Å². The first kappa shape index (κ1) is 38.2. The normalized spacial score (nSPS) is 36.2. The van der Waals surface area contributed by atoms with Gasteiger partial charge in [0.15, 0.2) is 17.5 Å². The van der Waals surface area contributed by atoms with E-state index in [-0.39, 0.29) is 38.4 Å². The van der Waals surface area contributed by atoms with Gasteiger partial charge in [-0.2, -0.15) is 0 Å². The second-order valence-electron chi connectivity index (χ2n) is 15.7. The average molecular weight is 722 g/mol. The molecule has 0 aromatic heterocycles. The standard InChI is InChI=1S/C40H51NO11/c1-22-27(51-36(46)33(31(41)26-15-11-8-12-16-26)50-21-48-19-25-13-9-7-10-14-25)18-40(47)23(2)34-38(6,35(45)32(44)30(22)37(40,4)5)28(43)17-29-39(34,20-49-29)52-24(3)42/h7-16,23,27-29,31-34,43-44,47H,17-21,41H2,1-6H3. The van der Waals surface area contributed by atoms with Crippen LogP contribution in [0.5, 0.6) is 0 Å². The van der Waals surface area contributed by atoms with Crippen molar-refractivity contribution in [3.05, 3.63) is 82.9 Å². The van der Waals surface area contributed by atoms with Crippen molar-refractivity contribution in [2.45, 2.75) is 109 Å². The lowest BCUT2D eigenvalue weighted by Gasteiger charge is -2.68. The smallest absolute Gasteiger partial charge is 0.337 e. The monoisotopic (exact) mass is 721 g/mol. The van der Waals surface area contributed by atoms with Gasteiger partial charge < -0.3 is 44.7 Å². The highest BCUT2D eigenvalue weighted by atomic mass is 16.7. The minimum Gasteiger partial charge on any atom is -0.456 e. The molecule has 0 radical (unpaired) electrons. The highest BCUT2D eigenvalue weighted by Crippen LogP contribution is 2.65. The van der Waals surface area contributed by atoms with E-state index in [9.17, 15) is 29.7 Å². The summed E-state index contributed by atoms with van der Waals surface area (Å²) in [6.07, 6.45) is -6.34. The summed E-state index contributed by atoms with van der Waals surface area (Å²) in [6, 6.07) is 17.5. The molecule has 1 heterocycles. The van der Waals surface area contributed by atoms with Crippen molar-refractivity contribution >= 4 is 17.7 Å². The van der Waals surface area contributed by atoms with Crippen LogP contribution in [0.2, 0.25) is 0 Å². The van der Waals surface area contributed by atoms with Crippen molar-refractivity contribution in [2.24, 2.45) is 28.4 Å². The van der Waals surface area contributed by atoms with Crippen molar-refractivity contribution in [3.8, 4) is 0 Å². The Hall–Kier alpha value is -3.49. The van der Waals surface area contributed by atoms with Crippen LogP contribution in [0, 0.1) is 22.7 Å². The van der Waals surface area contributed by atoms with Gasteiger partial charge in [-0.25, -0.2) is 4.79 Å². The summed E-state index contributed by atoms with van der Waals surface area (Å²) in [4.78, 5) is 41.4. The van der Waals surface area contributed by atoms with Crippen molar-refractivity contribution < 1.29 is 53.4 Å². The number of hydrogen-bond acceptors (Lipinski definition) is 12. The third-order valence-corrected chi connectivity index (χ3v) is 12.6. The van der Waals surface area contributed by atoms with Crippen LogP contribution in [0.4, 0.5) is 0 Å². The van der Waals surface area contributed by atoms with E-state index in [0.29, 0.717) is 11.1 Å². The van der Waals surface area contributed by atoms with Crippen LogP contribution in [0.15, 0.2) is 71.8 Å². The molecular weight excluding hydrogens is 670 g/mol. The summed E-state index contributed by atoms with van der Waals surface area (Å²) < 4.78 is 29.7. The molecule has 2 aromatic rings. The van der Waals surface area contributed by atoms with Crippen LogP contribution in [-0.4, -0.2) is 88.2 Å². The van der Waals surface area contributed by atoms with E-state index in [2.05, 4.69) is 0 Å². The van der Waals surface area contributed by atoms with Gasteiger partial charge in [0, 0.05) is 31.1 Å². The van der Waals surface area contributed by atoms with E-state index >= 15 is 0 Å². The van der Waals surface area contributed by atoms with E-state index in [4.69, 9.17) is 29.4 Å². The zero-order valence-corrected chi connectivity index (χ0v) is 30.6. The average Bonchev–Trinajstić information content (AvgIpc) is 3.10. The van der Waals surface area contributed by atoms with Crippen LogP contribution in [0.25, 0.3) is 0 Å². The number of nitrogens with two attached hydrogens (primary N) is 1. The molecule has 6 rings (SSSR count). The van der Waals surface area contributed by atoms with Gasteiger partial charge in [-0.3, -0.25) is 9.59 Å². The molecule has 12 heteroatoms. The van der Waals surface area contributed by atoms with Gasteiger partial charge in [0.05, 0.1) is 36.4 Å². The molecule has 0 amide bonds. The lowest BCUT2D eigenvalue weighted by Crippen LogP contribution is -2.79. The SMILES string of the molecule is CC(=O)OC12COC1CC(O)C1(C)C(=O)C(O)C3=C(C)C(OC(=O)C(OCOCc4ccccc4)C(N)c4ccccc4)CC(O)(C(C)C21)C3(C)C. The number of fused-ring (bicyclic) bond motifs is 5. The van der Waals surface area contributed by atoms with Crippen LogP contribution >= 0.6 is 0 Å². The molecule has 11 unspecified atom stereocenters. The van der Waals surface area contributed by atoms with Gasteiger partial charge in [0.25, 0.3) is 0 Å². The van der Waals surface area contributed by atoms with E-state index in [1.165, 1.54) is 6.92 Å². The van der Waals surface area contributed by atoms with Crippen molar-refractivity contribution in [1.82, 2.24) is 0 Å². The maximum Gasteiger partial charge on any atom is 0.337 e. The predicted octanol–water partition coefficient (Wildman–Crippen LogP) is 3.30. The summed E-state index contributed by atoms with van der Waals surface area (Å²) in [7, 11) is 0. The Balaban J connectivity index is 1.36. The van der Waals surface area contributed by atoms with E-state index in [0.717, 1.165) is 5.56 Å². The molecule has 3 aliphatic carbocycles. The molecule has 52 heavy (non-hydrogen) atoms. The molecule has 2 saturated carbocycles. The van der Waals surface area contributed by atoms with E-state index in [1.54, 1.807) is 58.9 Å². The maximum atomic E-state index is 14.6. The number of Topliss-reactive ketones (excluding diaryl/α,β-unsaturated/α-hetero) is 1. The molecule has 4 aliphatic rings. The molecule has 11 atom stereocenters. The molecule has 5 N–H and O–H groups in total. The maximum absolute atomic E-state index is 14.6. The number of ether oxygens (including phenoxy) is 5. The molecule has 12 nitrogen and oxygen atoms in total. The summed E-state index contributed by atoms with van der Waals surface area (Å²) >= 11 is 0. The third-order valence-electron chi connectivity index (χ3n) is 12.6. The number of carbonyl (C=O) groups is 3. The van der Waals surface area contributed by atoms with Crippen LogP contribution in [0.1, 0.15) is 71.6 Å². The fourth-order valence-corrected chi connectivity index (χ4v) is 9.74. The number of esters is 2. The van der Waals surface area contributed by atoms with Gasteiger partial charge in [-0.1, -0.05) is 81.4 Å². The van der Waals surface area contributed by atoms with Crippen molar-refractivity contribution in [3.63, 3.8) is 0 Å². The second kappa shape index (κ2) is 14.1. The molecule has 1 aliphatic heterocycles. The first-order chi connectivity index (χ1) is 24.5. The van der Waals surface area contributed by atoms with Gasteiger partial charge >= 0.3 is 11.9 Å². The number of ketones is 1. The molecule has 3 fully saturated rings. The Morgan fingerprint density at radius 1 is 1.04 bits per heavy atom. The summed E-state index contributed by atoms with van der Waals surface area (Å²) in [5.74, 6) is -3.91. The molecule has 2 aromatic carbocycles. The highest BCUT2D eigenvalue weighted by Gasteiger charge is 2.75. The minimum absolute atomic E-state index is 0.00364. The Bertz CT molecular complexity index is 1700. The van der Waals surface area contributed by atoms with E-state index in [1.807, 2.05) is 36.4 Å². The minimum atomic E-state index is -1.78. The summed E-state index contributed by atoms with van der Waals surface area (Å²) in [5, 5.41) is 36.6. The molecule has 1 saturated heterocycles. The predicted molar refractivity (Wildman–Crippen MR) is 187 cm³/mol. The van der Waals surface area contributed by atoms with Crippen molar-refractivity contribution in [1.29, 1.82) is 0 Å². The Morgan fingerprint density at radius 3 is 2.27 bits per heavy atom. The molecular formula is C40H51NO11. The van der Waals surface area contributed by atoms with E-state index < -0.39 is 88.2 Å². The number of rotatable bonds is 10. The topological polar surface area (TPSA) is 184 Å². The lowest BCUT2D eigenvalue weighted by atomic mass is 9.42. The van der Waals surface area contributed by atoms with Gasteiger partial charge in [0.2, 0.25) is 0 Å². The van der Waals surface area contributed by atoms with Crippen LogP contribution in [-0.2, 0) is 44.7 Å². The summed E-state index contributed by atoms with van der Waals surface area (Å²) in [6.45, 7) is 9.66. The number of aliphatic hydroxyl groups excluding tert-OH is 2. The number of benzene rings is 2. The largest absolute Gasteiger partial charge is 0.456 e. The molecule has 0 spiro atoms. The van der Waals surface area contributed by atoms with Crippen LogP contribution in [0.3, 0.4) is 0 Å². The number of carbonyl (C=O) groups excluding carboxylic acids is 3. The zero-order valence-electron chi connectivity index (χ0n) is 30.6. The fraction of sp³-hybridized carbons (Fsp3) is 0.575. The zero-order chi connectivity index (χ0) is 37.8. The fourth-order valence-electron chi connectivity index (χ4n) is 9.74. The quantitative estimate of drug-likeness (QED) is 0.122. The number of hydrogen-bond donors (Lipinski definition) is 4. The molecule has 2 bridgehead atoms. The highest BCUT2D eigenvalue weighted by molar-refractivity contribution is 5.93. The van der Waals surface area contributed by atoms with Crippen LogP contribution < -0.4 is 5.73 Å². The first-order valence-corrected chi connectivity index (χ1v) is 17.9. The lowest BCUT2D eigenvalue weighted by molar-refractivity contribution is -0.338. The summed E-state index contributed by atoms with van der Waals surface area (Å²) in [5.41, 5.74) is 2.78. The van der Waals surface area contributed by atoms with Gasteiger partial charge in [-0.15, -0.1) is 0 Å². The van der Waals surface area contributed by atoms with Crippen molar-refractivity contribution in [2.75, 3.05) is 13.4 Å². The first-order valence-electron chi connectivity index (χ1n) is 17.9. The molecule has 282 valence electrons.